The summed E-state index contributed by atoms with van der Waals surface area (Å²) >= 11 is 0. The highest BCUT2D eigenvalue weighted by Gasteiger charge is 2.04. The molecule has 3 heteroatoms. The van der Waals surface area contributed by atoms with Crippen LogP contribution in [0.2, 0.25) is 0 Å². The highest BCUT2D eigenvalue weighted by atomic mass is 16.5. The van der Waals surface area contributed by atoms with E-state index < -0.39 is 6.10 Å². The Labute approximate surface area is 87.7 Å². The Bertz CT molecular complexity index is 482. The van der Waals surface area contributed by atoms with E-state index in [0.29, 0.717) is 5.88 Å². The summed E-state index contributed by atoms with van der Waals surface area (Å²) in [6, 6.07) is 11.4. The Morgan fingerprint density at radius 2 is 2.07 bits per heavy atom. The van der Waals surface area contributed by atoms with Gasteiger partial charge in [-0.25, -0.2) is 4.98 Å². The number of para-hydroxylation sites is 1. The van der Waals surface area contributed by atoms with Crippen LogP contribution >= 0.6 is 0 Å². The van der Waals surface area contributed by atoms with Crippen LogP contribution in [0.1, 0.15) is 6.92 Å². The maximum Gasteiger partial charge on any atom is 0.242 e. The minimum Gasteiger partial charge on any atom is -0.466 e. The maximum atomic E-state index is 10.3. The van der Waals surface area contributed by atoms with Crippen LogP contribution in [0.15, 0.2) is 36.4 Å². The molecule has 0 amide bonds. The number of fused-ring (bicyclic) bond motifs is 1. The highest BCUT2D eigenvalue weighted by molar-refractivity contribution is 5.78. The monoisotopic (exact) mass is 200 g/mol. The Morgan fingerprint density at radius 1 is 1.27 bits per heavy atom. The quantitative estimate of drug-likeness (QED) is 0.761. The number of ether oxygens (including phenoxy) is 1. The number of carbonyl (C=O) groups excluding carboxylic acids is 1. The molecule has 1 radical (unpaired) electrons. The van der Waals surface area contributed by atoms with Crippen LogP contribution in [0.5, 0.6) is 5.88 Å². The minimum atomic E-state index is -0.585. The van der Waals surface area contributed by atoms with Crippen molar-refractivity contribution in [3.8, 4) is 5.88 Å². The number of hydrogen-bond donors (Lipinski definition) is 0. The highest BCUT2D eigenvalue weighted by Crippen LogP contribution is 2.16. The number of nitrogens with zero attached hydrogens (tertiary/aromatic N) is 1. The molecule has 0 aliphatic carbocycles. The van der Waals surface area contributed by atoms with Crippen LogP contribution in [0.4, 0.5) is 0 Å². The molecule has 0 bridgehead atoms. The molecule has 2 rings (SSSR count). The molecule has 15 heavy (non-hydrogen) atoms. The Balaban J connectivity index is 2.34. The van der Waals surface area contributed by atoms with Crippen LogP contribution < -0.4 is 4.74 Å². The summed E-state index contributed by atoms with van der Waals surface area (Å²) in [6.07, 6.45) is 1.16. The van der Waals surface area contributed by atoms with Crippen molar-refractivity contribution in [3.63, 3.8) is 0 Å². The van der Waals surface area contributed by atoms with Gasteiger partial charge >= 0.3 is 0 Å². The number of rotatable bonds is 3. The molecule has 1 atom stereocenters. The van der Waals surface area contributed by atoms with Crippen molar-refractivity contribution >= 4 is 17.2 Å². The smallest absolute Gasteiger partial charge is 0.242 e. The largest absolute Gasteiger partial charge is 0.466 e. The van der Waals surface area contributed by atoms with Crippen LogP contribution in [0.25, 0.3) is 10.9 Å². The fourth-order valence-electron chi connectivity index (χ4n) is 1.32. The normalized spacial score (nSPS) is 12.3. The van der Waals surface area contributed by atoms with Gasteiger partial charge in [-0.3, -0.25) is 4.79 Å². The first kappa shape index (κ1) is 9.65. The van der Waals surface area contributed by atoms with E-state index in [4.69, 9.17) is 4.74 Å². The lowest BCUT2D eigenvalue weighted by Gasteiger charge is -2.07. The number of hydrogen-bond acceptors (Lipinski definition) is 3. The molecule has 0 fully saturated rings. The third-order valence-electron chi connectivity index (χ3n) is 2.04. The van der Waals surface area contributed by atoms with Crippen molar-refractivity contribution in [2.45, 2.75) is 13.0 Å². The zero-order valence-corrected chi connectivity index (χ0v) is 8.31. The van der Waals surface area contributed by atoms with E-state index in [1.807, 2.05) is 30.3 Å². The standard InChI is InChI=1S/C12H10NO2/c1-9(8-14)15-12-7-6-10-4-2-3-5-11(10)13-12/h2-7,9H,1H3. The van der Waals surface area contributed by atoms with Gasteiger partial charge in [0.05, 0.1) is 5.52 Å². The van der Waals surface area contributed by atoms with E-state index in [2.05, 4.69) is 4.98 Å². The van der Waals surface area contributed by atoms with E-state index in [0.717, 1.165) is 10.9 Å². The van der Waals surface area contributed by atoms with E-state index in [9.17, 15) is 4.79 Å². The zero-order valence-electron chi connectivity index (χ0n) is 8.31. The summed E-state index contributed by atoms with van der Waals surface area (Å²) in [5, 5.41) is 1.05. The summed E-state index contributed by atoms with van der Waals surface area (Å²) in [7, 11) is 0. The molecular formula is C12H10NO2. The van der Waals surface area contributed by atoms with Crippen molar-refractivity contribution in [2.75, 3.05) is 0 Å². The second-order valence-electron chi connectivity index (χ2n) is 3.22. The summed E-state index contributed by atoms with van der Waals surface area (Å²) in [5.41, 5.74) is 0.855. The molecule has 75 valence electrons. The molecule has 1 heterocycles. The third kappa shape index (κ3) is 2.13. The Kier molecular flexibility index (Phi) is 2.63. The lowest BCUT2D eigenvalue weighted by molar-refractivity contribution is 0.269. The van der Waals surface area contributed by atoms with E-state index in [1.165, 1.54) is 0 Å². The van der Waals surface area contributed by atoms with Gasteiger partial charge in [0.2, 0.25) is 12.2 Å². The second-order valence-corrected chi connectivity index (χ2v) is 3.22. The summed E-state index contributed by atoms with van der Waals surface area (Å²) in [5.74, 6) is 0.449. The van der Waals surface area contributed by atoms with Gasteiger partial charge in [0.1, 0.15) is 0 Å². The maximum absolute atomic E-state index is 10.3. The predicted octanol–water partition coefficient (Wildman–Crippen LogP) is 2.11. The molecule has 2 aromatic rings. The van der Waals surface area contributed by atoms with Crippen molar-refractivity contribution in [1.82, 2.24) is 4.98 Å². The average molecular weight is 200 g/mol. The van der Waals surface area contributed by atoms with E-state index >= 15 is 0 Å². The zero-order chi connectivity index (χ0) is 10.7. The molecule has 1 unspecified atom stereocenters. The van der Waals surface area contributed by atoms with Crippen molar-refractivity contribution in [3.05, 3.63) is 36.4 Å². The van der Waals surface area contributed by atoms with Gasteiger partial charge < -0.3 is 4.74 Å². The molecule has 0 spiro atoms. The lowest BCUT2D eigenvalue weighted by Crippen LogP contribution is -2.13. The molecule has 1 aromatic heterocycles. The summed E-state index contributed by atoms with van der Waals surface area (Å²) < 4.78 is 5.24. The number of benzene rings is 1. The second kappa shape index (κ2) is 4.09. The van der Waals surface area contributed by atoms with Crippen LogP contribution in [-0.4, -0.2) is 17.4 Å². The Hall–Kier alpha value is -1.90. The van der Waals surface area contributed by atoms with Gasteiger partial charge in [-0.05, 0) is 19.1 Å². The predicted molar refractivity (Wildman–Crippen MR) is 57.5 cm³/mol. The van der Waals surface area contributed by atoms with Crippen LogP contribution in [0, 0.1) is 0 Å². The molecule has 0 N–H and O–H groups in total. The molecule has 0 aliphatic rings. The topological polar surface area (TPSA) is 39.2 Å². The molecule has 0 aliphatic heterocycles. The SMILES string of the molecule is CC([C]=O)Oc1ccc2ccccc2n1. The fourth-order valence-corrected chi connectivity index (χ4v) is 1.32. The summed E-state index contributed by atoms with van der Waals surface area (Å²) in [6.45, 7) is 1.63. The van der Waals surface area contributed by atoms with Crippen LogP contribution in [-0.2, 0) is 4.79 Å². The lowest BCUT2D eigenvalue weighted by atomic mass is 10.2. The van der Waals surface area contributed by atoms with Gasteiger partial charge in [0.25, 0.3) is 0 Å². The third-order valence-corrected chi connectivity index (χ3v) is 2.04. The first-order valence-corrected chi connectivity index (χ1v) is 4.70. The minimum absolute atomic E-state index is 0.449. The average Bonchev–Trinajstić information content (AvgIpc) is 2.29. The van der Waals surface area contributed by atoms with Crippen molar-refractivity contribution in [2.24, 2.45) is 0 Å². The van der Waals surface area contributed by atoms with Gasteiger partial charge in [0.15, 0.2) is 6.10 Å². The first-order chi connectivity index (χ1) is 7.29. The Morgan fingerprint density at radius 3 is 2.87 bits per heavy atom. The number of pyridine rings is 1. The van der Waals surface area contributed by atoms with Crippen molar-refractivity contribution in [1.29, 1.82) is 0 Å². The van der Waals surface area contributed by atoms with Gasteiger partial charge in [-0.15, -0.1) is 0 Å². The molecule has 0 saturated heterocycles. The van der Waals surface area contributed by atoms with E-state index in [1.54, 1.807) is 19.3 Å². The molecular weight excluding hydrogens is 190 g/mol. The van der Waals surface area contributed by atoms with Gasteiger partial charge in [0, 0.05) is 11.5 Å². The summed E-state index contributed by atoms with van der Waals surface area (Å²) in [4.78, 5) is 14.6. The molecule has 0 saturated carbocycles. The van der Waals surface area contributed by atoms with Gasteiger partial charge in [-0.2, -0.15) is 0 Å². The first-order valence-electron chi connectivity index (χ1n) is 4.70. The van der Waals surface area contributed by atoms with E-state index in [-0.39, 0.29) is 0 Å². The number of aromatic nitrogens is 1. The fraction of sp³-hybridized carbons (Fsp3) is 0.167. The molecule has 3 nitrogen and oxygen atoms in total. The van der Waals surface area contributed by atoms with Gasteiger partial charge in [-0.1, -0.05) is 18.2 Å². The van der Waals surface area contributed by atoms with Crippen LogP contribution in [0.3, 0.4) is 0 Å². The van der Waals surface area contributed by atoms with Crippen molar-refractivity contribution < 1.29 is 9.53 Å². The molecule has 1 aromatic carbocycles.